The molecule has 0 fully saturated rings. The van der Waals surface area contributed by atoms with Crippen LogP contribution < -0.4 is 10.6 Å². The van der Waals surface area contributed by atoms with E-state index in [-0.39, 0.29) is 5.91 Å². The summed E-state index contributed by atoms with van der Waals surface area (Å²) in [7, 11) is 1.92. The highest BCUT2D eigenvalue weighted by atomic mass is 35.5. The molecule has 0 bridgehead atoms. The van der Waals surface area contributed by atoms with Gasteiger partial charge in [0.05, 0.1) is 0 Å². The lowest BCUT2D eigenvalue weighted by Crippen LogP contribution is -2.36. The molecule has 1 unspecified atom stereocenters. The Labute approximate surface area is 181 Å². The maximum atomic E-state index is 12.8. The molecule has 1 aromatic carbocycles. The van der Waals surface area contributed by atoms with Crippen molar-refractivity contribution in [1.82, 2.24) is 25.4 Å². The Morgan fingerprint density at radius 3 is 2.70 bits per heavy atom. The largest absolute Gasteiger partial charge is 0.347 e. The third-order valence-electron chi connectivity index (χ3n) is 5.63. The maximum Gasteiger partial charge on any atom is 0.272 e. The van der Waals surface area contributed by atoms with Gasteiger partial charge in [0.1, 0.15) is 0 Å². The first-order valence-electron chi connectivity index (χ1n) is 10.3. The number of carbonyl (C=O) groups is 1. The van der Waals surface area contributed by atoms with Crippen molar-refractivity contribution in [3.05, 3.63) is 81.9 Å². The van der Waals surface area contributed by atoms with Crippen LogP contribution in [0.5, 0.6) is 0 Å². The molecule has 0 aliphatic heterocycles. The molecule has 7 heteroatoms. The molecule has 2 N–H and O–H groups in total. The second-order valence-corrected chi connectivity index (χ2v) is 8.14. The molecule has 0 spiro atoms. The van der Waals surface area contributed by atoms with E-state index in [1.54, 1.807) is 12.4 Å². The number of hydrogen-bond acceptors (Lipinski definition) is 4. The summed E-state index contributed by atoms with van der Waals surface area (Å²) in [5.74, 6) is -0.120. The van der Waals surface area contributed by atoms with E-state index in [2.05, 4.69) is 32.8 Å². The van der Waals surface area contributed by atoms with Crippen LogP contribution in [0.2, 0.25) is 5.02 Å². The minimum atomic E-state index is -0.120. The molecule has 4 rings (SSSR count). The predicted octanol–water partition coefficient (Wildman–Crippen LogP) is 3.09. The number of benzene rings is 1. The van der Waals surface area contributed by atoms with Gasteiger partial charge in [0.15, 0.2) is 5.69 Å². The Kier molecular flexibility index (Phi) is 6.45. The number of aryl methyl sites for hydroxylation is 1. The first-order valence-corrected chi connectivity index (χ1v) is 10.7. The molecule has 3 aromatic rings. The van der Waals surface area contributed by atoms with Crippen LogP contribution in [0.3, 0.4) is 0 Å². The van der Waals surface area contributed by atoms with E-state index >= 15 is 0 Å². The highest BCUT2D eigenvalue weighted by Crippen LogP contribution is 2.24. The molecule has 1 amide bonds. The van der Waals surface area contributed by atoms with E-state index in [0.717, 1.165) is 48.4 Å². The Hall–Kier alpha value is -2.70. The molecule has 1 aliphatic carbocycles. The van der Waals surface area contributed by atoms with Crippen molar-refractivity contribution in [3.8, 4) is 0 Å². The molecule has 0 saturated heterocycles. The van der Waals surface area contributed by atoms with Gasteiger partial charge in [0, 0.05) is 48.3 Å². The molecule has 156 valence electrons. The molecule has 0 saturated carbocycles. The smallest absolute Gasteiger partial charge is 0.272 e. The SMILES string of the molecule is Cn1nc(C(=O)NCc2ccncc2)c2c1CCC(NCCc1ccc(Cl)cc1)C2. The number of rotatable bonds is 7. The summed E-state index contributed by atoms with van der Waals surface area (Å²) < 4.78 is 1.86. The van der Waals surface area contributed by atoms with Crippen LogP contribution in [0.15, 0.2) is 48.8 Å². The zero-order valence-corrected chi connectivity index (χ0v) is 17.8. The van der Waals surface area contributed by atoms with Crippen LogP contribution in [0.4, 0.5) is 0 Å². The molecule has 30 heavy (non-hydrogen) atoms. The standard InChI is InChI=1S/C23H26ClN5O/c1-29-21-7-6-19(26-13-10-16-2-4-18(24)5-3-16)14-20(21)22(28-29)23(30)27-15-17-8-11-25-12-9-17/h2-5,8-9,11-12,19,26H,6-7,10,13-15H2,1H3,(H,27,30). The highest BCUT2D eigenvalue weighted by molar-refractivity contribution is 6.30. The van der Waals surface area contributed by atoms with E-state index in [4.69, 9.17) is 11.6 Å². The van der Waals surface area contributed by atoms with Gasteiger partial charge in [-0.2, -0.15) is 5.10 Å². The number of fused-ring (bicyclic) bond motifs is 1. The average Bonchev–Trinajstić information content (AvgIpc) is 3.10. The van der Waals surface area contributed by atoms with Crippen LogP contribution in [-0.4, -0.2) is 33.3 Å². The van der Waals surface area contributed by atoms with Gasteiger partial charge < -0.3 is 10.6 Å². The minimum Gasteiger partial charge on any atom is -0.347 e. The first-order chi connectivity index (χ1) is 14.6. The number of carbonyl (C=O) groups excluding carboxylic acids is 1. The third kappa shape index (κ3) is 4.89. The monoisotopic (exact) mass is 423 g/mol. The van der Waals surface area contributed by atoms with Gasteiger partial charge in [0.2, 0.25) is 0 Å². The quantitative estimate of drug-likeness (QED) is 0.612. The Morgan fingerprint density at radius 2 is 1.93 bits per heavy atom. The van der Waals surface area contributed by atoms with Crippen molar-refractivity contribution in [2.75, 3.05) is 6.54 Å². The van der Waals surface area contributed by atoms with Gasteiger partial charge in [-0.3, -0.25) is 14.5 Å². The Bertz CT molecular complexity index is 1000. The summed E-state index contributed by atoms with van der Waals surface area (Å²) in [5, 5.41) is 11.9. The number of pyridine rings is 1. The molecule has 0 radical (unpaired) electrons. The summed E-state index contributed by atoms with van der Waals surface area (Å²) in [5.41, 5.74) is 5.07. The van der Waals surface area contributed by atoms with Crippen LogP contribution in [0, 0.1) is 0 Å². The van der Waals surface area contributed by atoms with Crippen LogP contribution in [0.25, 0.3) is 0 Å². The molecule has 6 nitrogen and oxygen atoms in total. The van der Waals surface area contributed by atoms with Crippen LogP contribution >= 0.6 is 11.6 Å². The Morgan fingerprint density at radius 1 is 1.17 bits per heavy atom. The van der Waals surface area contributed by atoms with Crippen molar-refractivity contribution in [3.63, 3.8) is 0 Å². The summed E-state index contributed by atoms with van der Waals surface area (Å²) in [6.45, 7) is 1.36. The van der Waals surface area contributed by atoms with Crippen molar-refractivity contribution in [2.45, 2.75) is 38.3 Å². The second kappa shape index (κ2) is 9.41. The van der Waals surface area contributed by atoms with Gasteiger partial charge in [-0.1, -0.05) is 23.7 Å². The van der Waals surface area contributed by atoms with Crippen LogP contribution in [0.1, 0.15) is 39.3 Å². The van der Waals surface area contributed by atoms with Gasteiger partial charge >= 0.3 is 0 Å². The van der Waals surface area contributed by atoms with Gasteiger partial charge in [-0.25, -0.2) is 0 Å². The second-order valence-electron chi connectivity index (χ2n) is 7.71. The summed E-state index contributed by atoms with van der Waals surface area (Å²) in [4.78, 5) is 16.8. The molecule has 1 atom stereocenters. The van der Waals surface area contributed by atoms with Gasteiger partial charge in [-0.05, 0) is 67.6 Å². The number of amides is 1. The number of hydrogen-bond donors (Lipinski definition) is 2. The zero-order chi connectivity index (χ0) is 20.9. The van der Waals surface area contributed by atoms with E-state index < -0.39 is 0 Å². The maximum absolute atomic E-state index is 12.8. The summed E-state index contributed by atoms with van der Waals surface area (Å²) >= 11 is 5.96. The average molecular weight is 424 g/mol. The minimum absolute atomic E-state index is 0.120. The molecule has 2 heterocycles. The Balaban J connectivity index is 1.36. The predicted molar refractivity (Wildman–Crippen MR) is 118 cm³/mol. The number of halogens is 1. The van der Waals surface area contributed by atoms with Gasteiger partial charge in [0.25, 0.3) is 5.91 Å². The van der Waals surface area contributed by atoms with E-state index in [9.17, 15) is 4.79 Å². The van der Waals surface area contributed by atoms with Gasteiger partial charge in [-0.15, -0.1) is 0 Å². The number of aromatic nitrogens is 3. The number of nitrogens with zero attached hydrogens (tertiary/aromatic N) is 3. The van der Waals surface area contributed by atoms with Crippen molar-refractivity contribution in [2.24, 2.45) is 7.05 Å². The fourth-order valence-corrected chi connectivity index (χ4v) is 4.11. The highest BCUT2D eigenvalue weighted by Gasteiger charge is 2.28. The first kappa shape index (κ1) is 20.6. The molecular weight excluding hydrogens is 398 g/mol. The normalized spacial score (nSPS) is 15.6. The fourth-order valence-electron chi connectivity index (χ4n) is 3.98. The lowest BCUT2D eigenvalue weighted by atomic mass is 9.91. The molecule has 1 aliphatic rings. The van der Waals surface area contributed by atoms with E-state index in [1.165, 1.54) is 11.3 Å². The van der Waals surface area contributed by atoms with E-state index in [0.29, 0.717) is 18.3 Å². The topological polar surface area (TPSA) is 71.8 Å². The fraction of sp³-hybridized carbons (Fsp3) is 0.348. The van der Waals surface area contributed by atoms with Crippen molar-refractivity contribution in [1.29, 1.82) is 0 Å². The summed E-state index contributed by atoms with van der Waals surface area (Å²) in [6, 6.07) is 12.1. The number of nitrogens with one attached hydrogen (secondary N) is 2. The van der Waals surface area contributed by atoms with E-state index in [1.807, 2.05) is 36.0 Å². The lowest BCUT2D eigenvalue weighted by Gasteiger charge is -2.24. The van der Waals surface area contributed by atoms with Crippen LogP contribution in [-0.2, 0) is 32.9 Å². The van der Waals surface area contributed by atoms with Crippen molar-refractivity contribution >= 4 is 17.5 Å². The summed E-state index contributed by atoms with van der Waals surface area (Å²) in [6.07, 6.45) is 7.20. The lowest BCUT2D eigenvalue weighted by molar-refractivity contribution is 0.0944. The zero-order valence-electron chi connectivity index (χ0n) is 17.1. The van der Waals surface area contributed by atoms with Crippen molar-refractivity contribution < 1.29 is 4.79 Å². The molecule has 2 aromatic heterocycles. The molecular formula is C23H26ClN5O. The third-order valence-corrected chi connectivity index (χ3v) is 5.88.